The summed E-state index contributed by atoms with van der Waals surface area (Å²) in [6.07, 6.45) is 1.71. The van der Waals surface area contributed by atoms with Crippen LogP contribution in [0.3, 0.4) is 0 Å². The summed E-state index contributed by atoms with van der Waals surface area (Å²) < 4.78 is 7.33. The molecule has 1 N–H and O–H groups in total. The lowest BCUT2D eigenvalue weighted by molar-refractivity contribution is 0.102. The van der Waals surface area contributed by atoms with Gasteiger partial charge in [0.15, 0.2) is 12.4 Å². The number of nitrogens with one attached hydrogen (secondary N) is 1. The number of carbonyl (C=O) groups excluding carboxylic acids is 1. The van der Waals surface area contributed by atoms with Gasteiger partial charge in [0.05, 0.1) is 0 Å². The van der Waals surface area contributed by atoms with E-state index < -0.39 is 0 Å². The van der Waals surface area contributed by atoms with E-state index in [1.807, 2.05) is 32.9 Å². The molecule has 5 nitrogen and oxygen atoms in total. The molecule has 0 bridgehead atoms. The summed E-state index contributed by atoms with van der Waals surface area (Å²) in [5.41, 5.74) is 4.08. The maximum atomic E-state index is 12.4. The van der Waals surface area contributed by atoms with Crippen molar-refractivity contribution in [3.63, 3.8) is 0 Å². The minimum absolute atomic E-state index is 0.229. The van der Waals surface area contributed by atoms with Gasteiger partial charge in [-0.25, -0.2) is 4.68 Å². The van der Waals surface area contributed by atoms with E-state index in [-0.39, 0.29) is 12.6 Å². The van der Waals surface area contributed by atoms with Crippen LogP contribution in [-0.2, 0) is 6.73 Å². The fourth-order valence-corrected chi connectivity index (χ4v) is 2.82. The predicted molar refractivity (Wildman–Crippen MR) is 103 cm³/mol. The van der Waals surface area contributed by atoms with Gasteiger partial charge in [0.25, 0.3) is 5.91 Å². The molecule has 26 heavy (non-hydrogen) atoms. The highest BCUT2D eigenvalue weighted by molar-refractivity contribution is 6.31. The summed E-state index contributed by atoms with van der Waals surface area (Å²) >= 11 is 6.08. The van der Waals surface area contributed by atoms with Crippen molar-refractivity contribution in [2.45, 2.75) is 27.5 Å². The Balaban J connectivity index is 1.65. The van der Waals surface area contributed by atoms with Crippen molar-refractivity contribution in [2.24, 2.45) is 0 Å². The van der Waals surface area contributed by atoms with E-state index in [9.17, 15) is 4.79 Å². The smallest absolute Gasteiger partial charge is 0.276 e. The molecule has 0 aliphatic heterocycles. The minimum atomic E-state index is -0.291. The number of aryl methyl sites for hydroxylation is 2. The first-order valence-corrected chi connectivity index (χ1v) is 8.61. The van der Waals surface area contributed by atoms with Gasteiger partial charge in [0.2, 0.25) is 0 Å². The molecule has 3 aromatic rings. The molecule has 0 spiro atoms. The lowest BCUT2D eigenvalue weighted by Crippen LogP contribution is -2.15. The highest BCUT2D eigenvalue weighted by Crippen LogP contribution is 2.23. The lowest BCUT2D eigenvalue weighted by atomic mass is 10.1. The van der Waals surface area contributed by atoms with E-state index in [0.717, 1.165) is 22.4 Å². The van der Waals surface area contributed by atoms with Gasteiger partial charge in [0, 0.05) is 16.9 Å². The number of halogens is 1. The van der Waals surface area contributed by atoms with E-state index in [1.165, 1.54) is 0 Å². The summed E-state index contributed by atoms with van der Waals surface area (Å²) in [6.45, 7) is 6.13. The molecule has 6 heteroatoms. The molecule has 0 saturated carbocycles. The summed E-state index contributed by atoms with van der Waals surface area (Å²) in [4.78, 5) is 12.4. The zero-order valence-corrected chi connectivity index (χ0v) is 15.7. The van der Waals surface area contributed by atoms with Crippen LogP contribution >= 0.6 is 11.6 Å². The average Bonchev–Trinajstić information content (AvgIpc) is 3.05. The third-order valence-electron chi connectivity index (χ3n) is 3.95. The molecule has 2 aromatic carbocycles. The van der Waals surface area contributed by atoms with Crippen LogP contribution in [0.2, 0.25) is 5.02 Å². The molecule has 0 atom stereocenters. The maximum absolute atomic E-state index is 12.4. The van der Waals surface area contributed by atoms with Gasteiger partial charge in [0.1, 0.15) is 5.75 Å². The number of hydrogen-bond donors (Lipinski definition) is 1. The molecule has 1 heterocycles. The van der Waals surface area contributed by atoms with E-state index in [1.54, 1.807) is 35.1 Å². The Morgan fingerprint density at radius 1 is 1.15 bits per heavy atom. The second-order valence-corrected chi connectivity index (χ2v) is 6.61. The van der Waals surface area contributed by atoms with Gasteiger partial charge in [-0.1, -0.05) is 23.7 Å². The van der Waals surface area contributed by atoms with Crippen LogP contribution in [0.15, 0.2) is 48.7 Å². The molecule has 1 amide bonds. The molecule has 0 unspecified atom stereocenters. The third-order valence-corrected chi connectivity index (χ3v) is 4.36. The molecule has 0 radical (unpaired) electrons. The molecular weight excluding hydrogens is 350 g/mol. The van der Waals surface area contributed by atoms with Gasteiger partial charge >= 0.3 is 0 Å². The molecule has 0 aliphatic rings. The standard InChI is InChI=1S/C20H20ClN3O2/c1-13-9-14(2)11-16(10-13)26-12-24-8-7-19(23-24)20(25)22-18-6-4-5-17(21)15(18)3/h4-11H,12H2,1-3H3,(H,22,25). The van der Waals surface area contributed by atoms with Crippen LogP contribution in [0.1, 0.15) is 27.2 Å². The van der Waals surface area contributed by atoms with E-state index >= 15 is 0 Å². The normalized spacial score (nSPS) is 10.6. The van der Waals surface area contributed by atoms with Crippen LogP contribution in [0.25, 0.3) is 0 Å². The Labute approximate surface area is 157 Å². The molecule has 0 aliphatic carbocycles. The number of anilines is 1. The fourth-order valence-electron chi connectivity index (χ4n) is 2.64. The first-order chi connectivity index (χ1) is 12.4. The monoisotopic (exact) mass is 369 g/mol. The number of rotatable bonds is 5. The molecule has 3 rings (SSSR count). The Kier molecular flexibility index (Phi) is 5.28. The van der Waals surface area contributed by atoms with Crippen molar-refractivity contribution in [1.29, 1.82) is 0 Å². The molecular formula is C20H20ClN3O2. The molecule has 1 aromatic heterocycles. The Bertz CT molecular complexity index is 930. The number of amides is 1. The van der Waals surface area contributed by atoms with Gasteiger partial charge < -0.3 is 10.1 Å². The van der Waals surface area contributed by atoms with Crippen molar-refractivity contribution >= 4 is 23.2 Å². The number of benzene rings is 2. The van der Waals surface area contributed by atoms with Gasteiger partial charge in [-0.2, -0.15) is 5.10 Å². The van der Waals surface area contributed by atoms with Crippen LogP contribution in [-0.4, -0.2) is 15.7 Å². The van der Waals surface area contributed by atoms with Gasteiger partial charge in [-0.15, -0.1) is 0 Å². The second-order valence-electron chi connectivity index (χ2n) is 6.20. The Hall–Kier alpha value is -2.79. The quantitative estimate of drug-likeness (QED) is 0.706. The number of hydrogen-bond acceptors (Lipinski definition) is 3. The Morgan fingerprint density at radius 2 is 1.88 bits per heavy atom. The van der Waals surface area contributed by atoms with Crippen molar-refractivity contribution in [1.82, 2.24) is 9.78 Å². The van der Waals surface area contributed by atoms with Crippen molar-refractivity contribution in [3.8, 4) is 5.75 Å². The third kappa shape index (κ3) is 4.24. The minimum Gasteiger partial charge on any atom is -0.471 e. The van der Waals surface area contributed by atoms with Crippen molar-refractivity contribution in [3.05, 3.63) is 76.1 Å². The van der Waals surface area contributed by atoms with Crippen LogP contribution in [0.5, 0.6) is 5.75 Å². The highest BCUT2D eigenvalue weighted by atomic mass is 35.5. The SMILES string of the molecule is Cc1cc(C)cc(OCn2ccc(C(=O)Nc3cccc(Cl)c3C)n2)c1. The van der Waals surface area contributed by atoms with Crippen LogP contribution in [0, 0.1) is 20.8 Å². The topological polar surface area (TPSA) is 56.1 Å². The predicted octanol–water partition coefficient (Wildman–Crippen LogP) is 4.75. The largest absolute Gasteiger partial charge is 0.471 e. The summed E-state index contributed by atoms with van der Waals surface area (Å²) in [5, 5.41) is 7.70. The maximum Gasteiger partial charge on any atom is 0.276 e. The highest BCUT2D eigenvalue weighted by Gasteiger charge is 2.12. The summed E-state index contributed by atoms with van der Waals surface area (Å²) in [6, 6.07) is 13.0. The number of ether oxygens (including phenoxy) is 1. The van der Waals surface area contributed by atoms with Crippen LogP contribution in [0.4, 0.5) is 5.69 Å². The molecule has 0 fully saturated rings. The van der Waals surface area contributed by atoms with E-state index in [0.29, 0.717) is 16.4 Å². The van der Waals surface area contributed by atoms with Gasteiger partial charge in [-0.05, 0) is 67.8 Å². The first kappa shape index (κ1) is 18.0. The zero-order chi connectivity index (χ0) is 18.7. The van der Waals surface area contributed by atoms with Crippen molar-refractivity contribution < 1.29 is 9.53 Å². The van der Waals surface area contributed by atoms with Gasteiger partial charge in [-0.3, -0.25) is 4.79 Å². The van der Waals surface area contributed by atoms with E-state index in [4.69, 9.17) is 16.3 Å². The molecule has 0 saturated heterocycles. The summed E-state index contributed by atoms with van der Waals surface area (Å²) in [5.74, 6) is 0.485. The fraction of sp³-hybridized carbons (Fsp3) is 0.200. The lowest BCUT2D eigenvalue weighted by Gasteiger charge is -2.09. The Morgan fingerprint density at radius 3 is 2.62 bits per heavy atom. The number of aromatic nitrogens is 2. The second kappa shape index (κ2) is 7.62. The number of nitrogens with zero attached hydrogens (tertiary/aromatic N) is 2. The first-order valence-electron chi connectivity index (χ1n) is 8.23. The van der Waals surface area contributed by atoms with E-state index in [2.05, 4.69) is 16.5 Å². The zero-order valence-electron chi connectivity index (χ0n) is 14.9. The van der Waals surface area contributed by atoms with Crippen LogP contribution < -0.4 is 10.1 Å². The van der Waals surface area contributed by atoms with Crippen molar-refractivity contribution in [2.75, 3.05) is 5.32 Å². The summed E-state index contributed by atoms with van der Waals surface area (Å²) in [7, 11) is 0. The average molecular weight is 370 g/mol. The number of carbonyl (C=O) groups is 1. The molecule has 134 valence electrons.